The van der Waals surface area contributed by atoms with E-state index in [9.17, 15) is 13.2 Å². The second-order valence-electron chi connectivity index (χ2n) is 8.55. The maximum absolute atomic E-state index is 13.1. The van der Waals surface area contributed by atoms with E-state index < -0.39 is 16.1 Å². The van der Waals surface area contributed by atoms with E-state index in [2.05, 4.69) is 16.3 Å². The summed E-state index contributed by atoms with van der Waals surface area (Å²) in [7, 11) is -3.75. The van der Waals surface area contributed by atoms with Crippen molar-refractivity contribution in [3.63, 3.8) is 0 Å². The zero-order chi connectivity index (χ0) is 22.6. The molecule has 2 aliphatic heterocycles. The zero-order valence-corrected chi connectivity index (χ0v) is 19.7. The number of nitrogens with one attached hydrogen (secondary N) is 1. The molecule has 172 valence electrons. The Labute approximate surface area is 195 Å². The summed E-state index contributed by atoms with van der Waals surface area (Å²) in [5.74, 6) is -0.243. The van der Waals surface area contributed by atoms with Crippen molar-refractivity contribution in [2.75, 3.05) is 19.6 Å². The Kier molecular flexibility index (Phi) is 7.51. The number of benzene rings is 2. The Bertz CT molecular complexity index is 1040. The number of sulfonamides is 1. The lowest BCUT2D eigenvalue weighted by Crippen LogP contribution is -2.45. The van der Waals surface area contributed by atoms with E-state index in [1.807, 2.05) is 18.2 Å². The van der Waals surface area contributed by atoms with Crippen LogP contribution in [0.2, 0.25) is 5.02 Å². The molecule has 0 radical (unpaired) electrons. The van der Waals surface area contributed by atoms with Crippen LogP contribution in [0.25, 0.3) is 0 Å². The Balaban J connectivity index is 1.42. The number of halogens is 1. The Hall–Kier alpha value is -1.93. The van der Waals surface area contributed by atoms with E-state index in [0.29, 0.717) is 31.0 Å². The molecule has 0 spiro atoms. The van der Waals surface area contributed by atoms with E-state index in [-0.39, 0.29) is 10.8 Å². The molecule has 2 fully saturated rings. The number of carbonyl (C=O) groups excluding carboxylic acids is 1. The minimum absolute atomic E-state index is 0.161. The molecule has 0 aliphatic carbocycles. The van der Waals surface area contributed by atoms with Crippen LogP contribution < -0.4 is 5.32 Å². The first-order chi connectivity index (χ1) is 15.4. The molecule has 2 saturated heterocycles. The van der Waals surface area contributed by atoms with E-state index in [0.717, 1.165) is 25.2 Å². The highest BCUT2D eigenvalue weighted by molar-refractivity contribution is 7.89. The summed E-state index contributed by atoms with van der Waals surface area (Å²) in [5, 5.41) is 3.47. The highest BCUT2D eigenvalue weighted by Gasteiger charge is 2.39. The van der Waals surface area contributed by atoms with Gasteiger partial charge in [0.1, 0.15) is 6.04 Å². The number of likely N-dealkylation sites (tertiary alicyclic amines) is 1. The van der Waals surface area contributed by atoms with Gasteiger partial charge < -0.3 is 5.32 Å². The number of amides is 1. The number of carbonyl (C=O) groups is 1. The first-order valence-electron chi connectivity index (χ1n) is 11.3. The lowest BCUT2D eigenvalue weighted by atomic mass is 10.0. The second-order valence-corrected chi connectivity index (χ2v) is 10.9. The molecule has 2 aromatic rings. The molecule has 8 heteroatoms. The molecular formula is C24H30ClN3O3S. The zero-order valence-electron chi connectivity index (χ0n) is 18.2. The summed E-state index contributed by atoms with van der Waals surface area (Å²) < 4.78 is 27.5. The minimum Gasteiger partial charge on any atom is -0.351 e. The Morgan fingerprint density at radius 3 is 2.34 bits per heavy atom. The summed E-state index contributed by atoms with van der Waals surface area (Å²) in [6.07, 6.45) is 4.95. The van der Waals surface area contributed by atoms with Crippen LogP contribution in [0.4, 0.5) is 0 Å². The smallest absolute Gasteiger partial charge is 0.243 e. The number of nitrogens with zero attached hydrogens (tertiary/aromatic N) is 2. The highest BCUT2D eigenvalue weighted by atomic mass is 35.5. The van der Waals surface area contributed by atoms with Gasteiger partial charge >= 0.3 is 0 Å². The first kappa shape index (κ1) is 23.2. The summed E-state index contributed by atoms with van der Waals surface area (Å²) in [4.78, 5) is 15.6. The highest BCUT2D eigenvalue weighted by Crippen LogP contribution is 2.27. The average Bonchev–Trinajstić information content (AvgIpc) is 3.30. The van der Waals surface area contributed by atoms with Crippen molar-refractivity contribution in [2.24, 2.45) is 0 Å². The number of hydrogen-bond donors (Lipinski definition) is 1. The quantitative estimate of drug-likeness (QED) is 0.661. The maximum atomic E-state index is 13.1. The molecule has 1 atom stereocenters. The van der Waals surface area contributed by atoms with Gasteiger partial charge in [-0.1, -0.05) is 42.3 Å². The molecule has 4 rings (SSSR count). The summed E-state index contributed by atoms with van der Waals surface area (Å²) >= 11 is 5.90. The number of hydrogen-bond acceptors (Lipinski definition) is 4. The fraction of sp³-hybridized carbons (Fsp3) is 0.458. The van der Waals surface area contributed by atoms with Crippen LogP contribution in [0.1, 0.15) is 43.2 Å². The van der Waals surface area contributed by atoms with Gasteiger partial charge in [-0.2, -0.15) is 4.31 Å². The summed E-state index contributed by atoms with van der Waals surface area (Å²) in [6, 6.07) is 13.6. The summed E-state index contributed by atoms with van der Waals surface area (Å²) in [6.45, 7) is 3.84. The number of piperidine rings is 1. The molecule has 0 bridgehead atoms. The van der Waals surface area contributed by atoms with Crippen molar-refractivity contribution in [1.29, 1.82) is 0 Å². The van der Waals surface area contributed by atoms with Gasteiger partial charge in [-0.15, -0.1) is 0 Å². The van der Waals surface area contributed by atoms with Crippen molar-refractivity contribution < 1.29 is 13.2 Å². The van der Waals surface area contributed by atoms with Gasteiger partial charge in [0.15, 0.2) is 0 Å². The minimum atomic E-state index is -3.75. The first-order valence-corrected chi connectivity index (χ1v) is 13.1. The molecular weight excluding hydrogens is 446 g/mol. The molecule has 2 aliphatic rings. The second kappa shape index (κ2) is 10.3. The molecule has 1 amide bonds. The van der Waals surface area contributed by atoms with Crippen LogP contribution >= 0.6 is 11.6 Å². The van der Waals surface area contributed by atoms with E-state index in [4.69, 9.17) is 11.6 Å². The van der Waals surface area contributed by atoms with E-state index >= 15 is 0 Å². The van der Waals surface area contributed by atoms with Gasteiger partial charge in [0.25, 0.3) is 0 Å². The molecule has 2 aromatic carbocycles. The molecule has 0 saturated carbocycles. The van der Waals surface area contributed by atoms with Crippen LogP contribution in [0, 0.1) is 0 Å². The van der Waals surface area contributed by atoms with Gasteiger partial charge in [-0.3, -0.25) is 9.69 Å². The van der Waals surface area contributed by atoms with E-state index in [1.54, 1.807) is 12.1 Å². The lowest BCUT2D eigenvalue weighted by Gasteiger charge is -2.27. The average molecular weight is 476 g/mol. The normalized spacial score (nSPS) is 20.3. The predicted molar refractivity (Wildman–Crippen MR) is 126 cm³/mol. The van der Waals surface area contributed by atoms with Crippen LogP contribution in [-0.2, 0) is 27.9 Å². The van der Waals surface area contributed by atoms with Crippen LogP contribution in [0.15, 0.2) is 53.4 Å². The molecule has 0 unspecified atom stereocenters. The predicted octanol–water partition coefficient (Wildman–Crippen LogP) is 3.80. The van der Waals surface area contributed by atoms with Crippen molar-refractivity contribution in [3.8, 4) is 0 Å². The van der Waals surface area contributed by atoms with Gasteiger partial charge in [-0.05, 0) is 74.2 Å². The summed E-state index contributed by atoms with van der Waals surface area (Å²) in [5.41, 5.74) is 2.29. The van der Waals surface area contributed by atoms with Crippen molar-refractivity contribution in [3.05, 3.63) is 64.7 Å². The topological polar surface area (TPSA) is 69.7 Å². The third-order valence-corrected chi connectivity index (χ3v) is 8.52. The Morgan fingerprint density at radius 2 is 1.62 bits per heavy atom. The van der Waals surface area contributed by atoms with E-state index in [1.165, 1.54) is 41.3 Å². The molecule has 0 aromatic heterocycles. The van der Waals surface area contributed by atoms with Crippen molar-refractivity contribution >= 4 is 27.5 Å². The van der Waals surface area contributed by atoms with Gasteiger partial charge in [0, 0.05) is 24.7 Å². The van der Waals surface area contributed by atoms with Gasteiger partial charge in [0.05, 0.1) is 4.90 Å². The van der Waals surface area contributed by atoms with Crippen LogP contribution in [0.3, 0.4) is 0 Å². The monoisotopic (exact) mass is 475 g/mol. The lowest BCUT2D eigenvalue weighted by molar-refractivity contribution is -0.124. The molecule has 1 N–H and O–H groups in total. The van der Waals surface area contributed by atoms with Crippen molar-refractivity contribution in [1.82, 2.24) is 14.5 Å². The van der Waals surface area contributed by atoms with Crippen LogP contribution in [-0.4, -0.2) is 49.2 Å². The third kappa shape index (κ3) is 5.34. The van der Waals surface area contributed by atoms with Crippen LogP contribution in [0.5, 0.6) is 0 Å². The maximum Gasteiger partial charge on any atom is 0.243 e. The Morgan fingerprint density at radius 1 is 0.938 bits per heavy atom. The van der Waals surface area contributed by atoms with Gasteiger partial charge in [-0.25, -0.2) is 8.42 Å². The fourth-order valence-electron chi connectivity index (χ4n) is 4.57. The fourth-order valence-corrected chi connectivity index (χ4v) is 6.36. The molecule has 6 nitrogen and oxygen atoms in total. The SMILES string of the molecule is O=C(NCc1ccccc1CN1CCCCC1)[C@@H]1CCCN1S(=O)(=O)c1ccc(Cl)cc1. The van der Waals surface area contributed by atoms with Crippen molar-refractivity contribution in [2.45, 2.75) is 56.1 Å². The largest absolute Gasteiger partial charge is 0.351 e. The number of rotatable bonds is 7. The standard InChI is InChI=1S/C24H30ClN3O3S/c25-21-10-12-22(13-11-21)32(30,31)28-16-6-9-23(28)24(29)26-17-19-7-2-3-8-20(19)18-27-14-4-1-5-15-27/h2-3,7-8,10-13,23H,1,4-6,9,14-18H2,(H,26,29)/t23-/m0/s1. The molecule has 2 heterocycles. The third-order valence-electron chi connectivity index (χ3n) is 6.34. The van der Waals surface area contributed by atoms with Gasteiger partial charge in [0.2, 0.25) is 15.9 Å². The molecule has 32 heavy (non-hydrogen) atoms.